The van der Waals surface area contributed by atoms with Gasteiger partial charge in [-0.15, -0.1) is 0 Å². The van der Waals surface area contributed by atoms with E-state index < -0.39 is 0 Å². The van der Waals surface area contributed by atoms with Crippen molar-refractivity contribution in [2.24, 2.45) is 0 Å². The minimum absolute atomic E-state index is 0.0341. The summed E-state index contributed by atoms with van der Waals surface area (Å²) >= 11 is 1.49. The van der Waals surface area contributed by atoms with Crippen LogP contribution in [-0.2, 0) is 12.8 Å². The first kappa shape index (κ1) is 16.2. The molecule has 0 unspecified atom stereocenters. The van der Waals surface area contributed by atoms with E-state index in [-0.39, 0.29) is 18.1 Å². The molecule has 3 rings (SSSR count). The number of aliphatic hydroxyl groups excluding tert-OH is 1. The Balaban J connectivity index is 1.95. The molecule has 4 nitrogen and oxygen atoms in total. The molecule has 0 aliphatic carbocycles. The van der Waals surface area contributed by atoms with Crippen LogP contribution in [0.4, 0.5) is 0 Å². The van der Waals surface area contributed by atoms with Gasteiger partial charge in [-0.05, 0) is 42.2 Å². The zero-order chi connectivity index (χ0) is 16.2. The molecule has 3 N–H and O–H groups in total. The summed E-state index contributed by atoms with van der Waals surface area (Å²) in [5, 5.41) is 29.6. The van der Waals surface area contributed by atoms with E-state index in [1.165, 1.54) is 11.8 Å². The van der Waals surface area contributed by atoms with Crippen molar-refractivity contribution < 1.29 is 15.3 Å². The summed E-state index contributed by atoms with van der Waals surface area (Å²) in [6.45, 7) is 2.51. The average molecular weight is 331 g/mol. The Morgan fingerprint density at radius 1 is 1.04 bits per heavy atom. The molecular weight excluding hydrogens is 310 g/mol. The highest BCUT2D eigenvalue weighted by molar-refractivity contribution is 7.99. The number of rotatable bonds is 4. The predicted molar refractivity (Wildman–Crippen MR) is 91.3 cm³/mol. The minimum Gasteiger partial charge on any atom is -0.504 e. The maximum atomic E-state index is 10.4. The predicted octanol–water partition coefficient (Wildman–Crippen LogP) is 2.64. The Labute approximate surface area is 140 Å². The van der Waals surface area contributed by atoms with Gasteiger partial charge in [0.2, 0.25) is 0 Å². The molecule has 0 saturated carbocycles. The number of benzene rings is 2. The van der Waals surface area contributed by atoms with Gasteiger partial charge in [0.05, 0.1) is 11.5 Å². The van der Waals surface area contributed by atoms with Crippen LogP contribution in [0.5, 0.6) is 11.5 Å². The Morgan fingerprint density at radius 2 is 1.78 bits per heavy atom. The second kappa shape index (κ2) is 7.25. The van der Waals surface area contributed by atoms with Crippen molar-refractivity contribution in [3.63, 3.8) is 0 Å². The van der Waals surface area contributed by atoms with Gasteiger partial charge in [-0.25, -0.2) is 0 Å². The number of β-amino-alcohol motifs (C(OH)–C–C–N with tert-alkyl or cyclic N) is 1. The lowest BCUT2D eigenvalue weighted by atomic mass is 10.0. The van der Waals surface area contributed by atoms with E-state index in [1.54, 1.807) is 6.07 Å². The molecule has 1 aliphatic rings. The van der Waals surface area contributed by atoms with Crippen LogP contribution in [0.25, 0.3) is 0 Å². The molecular formula is C18H21NO3S. The van der Waals surface area contributed by atoms with Crippen molar-refractivity contribution in [3.8, 4) is 11.5 Å². The Morgan fingerprint density at radius 3 is 2.52 bits per heavy atom. The largest absolute Gasteiger partial charge is 0.504 e. The van der Waals surface area contributed by atoms with Crippen molar-refractivity contribution in [2.75, 3.05) is 26.2 Å². The molecule has 0 bridgehead atoms. The van der Waals surface area contributed by atoms with E-state index in [1.807, 2.05) is 30.3 Å². The van der Waals surface area contributed by atoms with E-state index in [4.69, 9.17) is 5.11 Å². The number of fused-ring (bicyclic) bond motifs is 1. The highest BCUT2D eigenvalue weighted by Gasteiger charge is 2.22. The summed E-state index contributed by atoms with van der Waals surface area (Å²) in [6, 6.07) is 11.6. The average Bonchev–Trinajstić information content (AvgIpc) is 2.76. The van der Waals surface area contributed by atoms with Crippen molar-refractivity contribution in [1.29, 1.82) is 0 Å². The van der Waals surface area contributed by atoms with Crippen LogP contribution < -0.4 is 0 Å². The molecule has 0 fully saturated rings. The van der Waals surface area contributed by atoms with E-state index in [9.17, 15) is 10.2 Å². The highest BCUT2D eigenvalue weighted by atomic mass is 32.2. The molecule has 2 aromatic carbocycles. The molecule has 122 valence electrons. The molecule has 0 aromatic heterocycles. The molecule has 0 radical (unpaired) electrons. The molecule has 5 heteroatoms. The Bertz CT molecular complexity index is 676. The van der Waals surface area contributed by atoms with Crippen molar-refractivity contribution >= 4 is 11.8 Å². The number of aliphatic hydroxyl groups is 1. The lowest BCUT2D eigenvalue weighted by Crippen LogP contribution is -2.29. The lowest BCUT2D eigenvalue weighted by molar-refractivity contribution is 0.201. The van der Waals surface area contributed by atoms with Gasteiger partial charge >= 0.3 is 0 Å². The van der Waals surface area contributed by atoms with Crippen molar-refractivity contribution in [1.82, 2.24) is 4.90 Å². The standard InChI is InChI=1S/C18H21NO3S/c20-11-10-19-8-6-13-12-16(21)17(22)18(15(13)7-9-19)23-14-4-2-1-3-5-14/h1-5,12,20-22H,6-11H2. The number of hydrogen-bond acceptors (Lipinski definition) is 5. The highest BCUT2D eigenvalue weighted by Crippen LogP contribution is 2.44. The van der Waals surface area contributed by atoms with Gasteiger partial charge in [0, 0.05) is 24.5 Å². The third kappa shape index (κ3) is 3.63. The first-order valence-electron chi connectivity index (χ1n) is 7.82. The molecule has 1 aliphatic heterocycles. The lowest BCUT2D eigenvalue weighted by Gasteiger charge is -2.17. The second-order valence-electron chi connectivity index (χ2n) is 5.69. The van der Waals surface area contributed by atoms with Crippen LogP contribution in [0.1, 0.15) is 11.1 Å². The molecule has 0 saturated heterocycles. The van der Waals surface area contributed by atoms with E-state index in [2.05, 4.69) is 4.90 Å². The number of hydrogen-bond donors (Lipinski definition) is 3. The number of aromatic hydroxyl groups is 2. The van der Waals surface area contributed by atoms with Gasteiger partial charge in [-0.2, -0.15) is 0 Å². The molecule has 0 atom stereocenters. The molecule has 0 spiro atoms. The number of phenolic OH excluding ortho intramolecular Hbond substituents is 2. The Kier molecular flexibility index (Phi) is 5.10. The number of phenols is 2. The fraction of sp³-hybridized carbons (Fsp3) is 0.333. The van der Waals surface area contributed by atoms with Gasteiger partial charge in [0.25, 0.3) is 0 Å². The zero-order valence-electron chi connectivity index (χ0n) is 12.9. The van der Waals surface area contributed by atoms with Crippen molar-refractivity contribution in [3.05, 3.63) is 47.5 Å². The maximum Gasteiger partial charge on any atom is 0.171 e. The van der Waals surface area contributed by atoms with E-state index >= 15 is 0 Å². The summed E-state index contributed by atoms with van der Waals surface area (Å²) in [5.41, 5.74) is 2.19. The van der Waals surface area contributed by atoms with Crippen molar-refractivity contribution in [2.45, 2.75) is 22.6 Å². The normalized spacial score (nSPS) is 15.2. The molecule has 1 heterocycles. The minimum atomic E-state index is -0.0576. The van der Waals surface area contributed by atoms with Crippen LogP contribution in [0.15, 0.2) is 46.2 Å². The topological polar surface area (TPSA) is 63.9 Å². The summed E-state index contributed by atoms with van der Waals surface area (Å²) in [5.74, 6) is -0.0917. The third-order valence-corrected chi connectivity index (χ3v) is 5.34. The van der Waals surface area contributed by atoms with E-state index in [0.717, 1.165) is 46.8 Å². The zero-order valence-corrected chi connectivity index (χ0v) is 13.7. The van der Waals surface area contributed by atoms with Crippen LogP contribution in [-0.4, -0.2) is 46.5 Å². The first-order chi connectivity index (χ1) is 11.2. The Hall–Kier alpha value is -1.69. The monoisotopic (exact) mass is 331 g/mol. The maximum absolute atomic E-state index is 10.4. The molecule has 2 aromatic rings. The van der Waals surface area contributed by atoms with Crippen LogP contribution in [0, 0.1) is 0 Å². The number of nitrogens with zero attached hydrogens (tertiary/aromatic N) is 1. The van der Waals surface area contributed by atoms with Crippen LogP contribution >= 0.6 is 11.8 Å². The SMILES string of the molecule is OCCN1CCc2cc(O)c(O)c(Sc3ccccc3)c2CC1. The molecule has 23 heavy (non-hydrogen) atoms. The summed E-state index contributed by atoms with van der Waals surface area (Å²) < 4.78 is 0. The summed E-state index contributed by atoms with van der Waals surface area (Å²) in [6.07, 6.45) is 1.61. The van der Waals surface area contributed by atoms with Gasteiger partial charge in [-0.3, -0.25) is 0 Å². The van der Waals surface area contributed by atoms with E-state index in [0.29, 0.717) is 6.54 Å². The third-order valence-electron chi connectivity index (χ3n) is 4.19. The first-order valence-corrected chi connectivity index (χ1v) is 8.63. The summed E-state index contributed by atoms with van der Waals surface area (Å²) in [4.78, 5) is 3.99. The smallest absolute Gasteiger partial charge is 0.171 e. The van der Waals surface area contributed by atoms with Crippen LogP contribution in [0.3, 0.4) is 0 Å². The molecule has 0 amide bonds. The quantitative estimate of drug-likeness (QED) is 0.752. The van der Waals surface area contributed by atoms with Gasteiger partial charge in [0.15, 0.2) is 11.5 Å². The fourth-order valence-corrected chi connectivity index (χ4v) is 4.05. The van der Waals surface area contributed by atoms with Crippen LogP contribution in [0.2, 0.25) is 0 Å². The van der Waals surface area contributed by atoms with Gasteiger partial charge in [-0.1, -0.05) is 30.0 Å². The second-order valence-corrected chi connectivity index (χ2v) is 6.78. The van der Waals surface area contributed by atoms with Gasteiger partial charge in [0.1, 0.15) is 0 Å². The summed E-state index contributed by atoms with van der Waals surface area (Å²) in [7, 11) is 0. The fourth-order valence-electron chi connectivity index (χ4n) is 2.96. The van der Waals surface area contributed by atoms with Gasteiger partial charge < -0.3 is 20.2 Å².